The summed E-state index contributed by atoms with van der Waals surface area (Å²) in [5, 5.41) is 7.43. The molecule has 1 amide bonds. The van der Waals surface area contributed by atoms with Crippen molar-refractivity contribution < 1.29 is 4.79 Å². The van der Waals surface area contributed by atoms with Gasteiger partial charge in [0.1, 0.15) is 0 Å². The largest absolute Gasteiger partial charge is 0.351 e. The molecule has 2 saturated heterocycles. The number of aromatic nitrogens is 2. The molecule has 0 radical (unpaired) electrons. The Labute approximate surface area is 151 Å². The third kappa shape index (κ3) is 4.23. The Balaban J connectivity index is 1.60. The maximum atomic E-state index is 12.9. The van der Waals surface area contributed by atoms with E-state index in [1.165, 1.54) is 12.8 Å². The highest BCUT2D eigenvalue weighted by Crippen LogP contribution is 2.43. The molecule has 2 aliphatic rings. The molecule has 2 fully saturated rings. The Bertz CT molecular complexity index is 576. The van der Waals surface area contributed by atoms with E-state index < -0.39 is 0 Å². The summed E-state index contributed by atoms with van der Waals surface area (Å²) in [6, 6.07) is 0.0320. The number of hydrogen-bond acceptors (Lipinski definition) is 4. The zero-order chi connectivity index (χ0) is 17.9. The van der Waals surface area contributed by atoms with Crippen LogP contribution in [-0.4, -0.2) is 64.8 Å². The number of nitrogens with zero attached hydrogens (tertiary/aromatic N) is 4. The van der Waals surface area contributed by atoms with E-state index in [0.717, 1.165) is 51.1 Å². The van der Waals surface area contributed by atoms with Gasteiger partial charge in [-0.2, -0.15) is 5.10 Å². The molecular formula is C19H33N5O. The molecule has 1 aromatic heterocycles. The highest BCUT2D eigenvalue weighted by Gasteiger charge is 2.47. The molecule has 1 N–H and O–H groups in total. The number of amides is 1. The summed E-state index contributed by atoms with van der Waals surface area (Å²) in [5.41, 5.74) is 1.42. The SMILES string of the molecule is CCCN1CC2(CCN(C)CC2)C[C@H]1C(=O)NCc1cnn(CC)c1. The second-order valence-electron chi connectivity index (χ2n) is 7.92. The van der Waals surface area contributed by atoms with E-state index in [2.05, 4.69) is 41.1 Å². The van der Waals surface area contributed by atoms with Crippen LogP contribution < -0.4 is 5.32 Å². The van der Waals surface area contributed by atoms with Gasteiger partial charge in [-0.3, -0.25) is 14.4 Å². The number of rotatable bonds is 6. The first-order chi connectivity index (χ1) is 12.0. The van der Waals surface area contributed by atoms with Gasteiger partial charge < -0.3 is 10.2 Å². The minimum atomic E-state index is 0.0320. The Hall–Kier alpha value is -1.40. The van der Waals surface area contributed by atoms with Gasteiger partial charge in [-0.15, -0.1) is 0 Å². The van der Waals surface area contributed by atoms with Crippen LogP contribution >= 0.6 is 0 Å². The number of nitrogens with one attached hydrogen (secondary N) is 1. The smallest absolute Gasteiger partial charge is 0.237 e. The Morgan fingerprint density at radius 1 is 1.36 bits per heavy atom. The first-order valence-corrected chi connectivity index (χ1v) is 9.77. The van der Waals surface area contributed by atoms with Gasteiger partial charge in [0.05, 0.1) is 12.2 Å². The van der Waals surface area contributed by atoms with Gasteiger partial charge in [0.15, 0.2) is 0 Å². The number of piperidine rings is 1. The van der Waals surface area contributed by atoms with Gasteiger partial charge in [-0.05, 0) is 64.7 Å². The molecule has 3 rings (SSSR count). The Morgan fingerprint density at radius 2 is 2.12 bits per heavy atom. The molecule has 25 heavy (non-hydrogen) atoms. The molecule has 1 spiro atoms. The zero-order valence-electron chi connectivity index (χ0n) is 16.0. The monoisotopic (exact) mass is 347 g/mol. The van der Waals surface area contributed by atoms with Crippen molar-refractivity contribution in [2.45, 2.75) is 58.7 Å². The average molecular weight is 348 g/mol. The van der Waals surface area contributed by atoms with Crippen molar-refractivity contribution in [2.75, 3.05) is 33.2 Å². The van der Waals surface area contributed by atoms with E-state index in [0.29, 0.717) is 12.0 Å². The van der Waals surface area contributed by atoms with Gasteiger partial charge in [-0.1, -0.05) is 6.92 Å². The molecule has 6 heteroatoms. The standard InChI is InChI=1S/C19H33N5O/c1-4-8-23-15-19(6-9-22(3)10-7-19)11-17(23)18(25)20-12-16-13-21-24(5-2)14-16/h13-14,17H,4-12,15H2,1-3H3,(H,20,25)/t17-/m0/s1. The molecule has 3 heterocycles. The predicted octanol–water partition coefficient (Wildman–Crippen LogP) is 1.72. The maximum absolute atomic E-state index is 12.9. The number of aryl methyl sites for hydroxylation is 1. The summed E-state index contributed by atoms with van der Waals surface area (Å²) in [7, 11) is 2.20. The van der Waals surface area contributed by atoms with Crippen LogP contribution in [0.4, 0.5) is 0 Å². The van der Waals surface area contributed by atoms with Crippen LogP contribution in [0.2, 0.25) is 0 Å². The van der Waals surface area contributed by atoms with Crippen LogP contribution in [0, 0.1) is 5.41 Å². The lowest BCUT2D eigenvalue weighted by molar-refractivity contribution is -0.125. The summed E-state index contributed by atoms with van der Waals surface area (Å²) in [4.78, 5) is 17.7. The van der Waals surface area contributed by atoms with Gasteiger partial charge in [-0.25, -0.2) is 0 Å². The molecule has 0 saturated carbocycles. The summed E-state index contributed by atoms with van der Waals surface area (Å²) in [6.45, 7) is 10.1. The predicted molar refractivity (Wildman–Crippen MR) is 99.2 cm³/mol. The van der Waals surface area contributed by atoms with Crippen LogP contribution in [0.15, 0.2) is 12.4 Å². The second-order valence-corrected chi connectivity index (χ2v) is 7.92. The van der Waals surface area contributed by atoms with Crippen LogP contribution in [-0.2, 0) is 17.9 Å². The van der Waals surface area contributed by atoms with E-state index in [1.807, 2.05) is 17.1 Å². The minimum absolute atomic E-state index is 0.0320. The topological polar surface area (TPSA) is 53.4 Å². The normalized spacial score (nSPS) is 24.0. The van der Waals surface area contributed by atoms with Crippen molar-refractivity contribution >= 4 is 5.91 Å². The lowest BCUT2D eigenvalue weighted by Gasteiger charge is -2.37. The fourth-order valence-electron chi connectivity index (χ4n) is 4.36. The fraction of sp³-hybridized carbons (Fsp3) is 0.789. The van der Waals surface area contributed by atoms with Crippen molar-refractivity contribution in [3.05, 3.63) is 18.0 Å². The average Bonchev–Trinajstić information content (AvgIpc) is 3.21. The highest BCUT2D eigenvalue weighted by molar-refractivity contribution is 5.82. The first kappa shape index (κ1) is 18.4. The molecule has 0 unspecified atom stereocenters. The van der Waals surface area contributed by atoms with Gasteiger partial charge in [0, 0.05) is 31.4 Å². The van der Waals surface area contributed by atoms with Crippen molar-refractivity contribution in [3.63, 3.8) is 0 Å². The van der Waals surface area contributed by atoms with E-state index in [1.54, 1.807) is 0 Å². The molecule has 0 bridgehead atoms. The highest BCUT2D eigenvalue weighted by atomic mass is 16.2. The number of carbonyl (C=O) groups is 1. The molecule has 2 aliphatic heterocycles. The maximum Gasteiger partial charge on any atom is 0.237 e. The second kappa shape index (κ2) is 7.87. The van der Waals surface area contributed by atoms with E-state index in [-0.39, 0.29) is 11.9 Å². The van der Waals surface area contributed by atoms with Crippen molar-refractivity contribution in [3.8, 4) is 0 Å². The van der Waals surface area contributed by atoms with E-state index in [9.17, 15) is 4.79 Å². The molecule has 0 aromatic carbocycles. The first-order valence-electron chi connectivity index (χ1n) is 9.77. The van der Waals surface area contributed by atoms with Crippen LogP contribution in [0.25, 0.3) is 0 Å². The Morgan fingerprint density at radius 3 is 2.76 bits per heavy atom. The van der Waals surface area contributed by atoms with Gasteiger partial charge >= 0.3 is 0 Å². The lowest BCUT2D eigenvalue weighted by Crippen LogP contribution is -2.43. The molecular weight excluding hydrogens is 314 g/mol. The molecule has 140 valence electrons. The van der Waals surface area contributed by atoms with Crippen molar-refractivity contribution in [1.82, 2.24) is 24.9 Å². The third-order valence-electron chi connectivity index (χ3n) is 5.94. The summed E-state index contributed by atoms with van der Waals surface area (Å²) in [5.74, 6) is 0.188. The molecule has 6 nitrogen and oxygen atoms in total. The summed E-state index contributed by atoms with van der Waals surface area (Å²) >= 11 is 0. The third-order valence-corrected chi connectivity index (χ3v) is 5.94. The number of likely N-dealkylation sites (tertiary alicyclic amines) is 2. The Kier molecular flexibility index (Phi) is 5.79. The molecule has 0 aliphatic carbocycles. The van der Waals surface area contributed by atoms with Gasteiger partial charge in [0.2, 0.25) is 5.91 Å². The fourth-order valence-corrected chi connectivity index (χ4v) is 4.36. The van der Waals surface area contributed by atoms with Crippen LogP contribution in [0.1, 0.15) is 45.1 Å². The van der Waals surface area contributed by atoms with Crippen LogP contribution in [0.5, 0.6) is 0 Å². The lowest BCUT2D eigenvalue weighted by atomic mass is 9.76. The van der Waals surface area contributed by atoms with Crippen molar-refractivity contribution in [1.29, 1.82) is 0 Å². The van der Waals surface area contributed by atoms with Crippen molar-refractivity contribution in [2.24, 2.45) is 5.41 Å². The minimum Gasteiger partial charge on any atom is -0.351 e. The van der Waals surface area contributed by atoms with E-state index in [4.69, 9.17) is 0 Å². The summed E-state index contributed by atoms with van der Waals surface area (Å²) < 4.78 is 1.90. The molecule has 1 atom stereocenters. The number of carbonyl (C=O) groups excluding carboxylic acids is 1. The quantitative estimate of drug-likeness (QED) is 0.851. The molecule has 1 aromatic rings. The zero-order valence-corrected chi connectivity index (χ0v) is 16.0. The summed E-state index contributed by atoms with van der Waals surface area (Å²) in [6.07, 6.45) is 8.41. The number of hydrogen-bond donors (Lipinski definition) is 1. The van der Waals surface area contributed by atoms with Crippen LogP contribution in [0.3, 0.4) is 0 Å². The van der Waals surface area contributed by atoms with E-state index >= 15 is 0 Å². The van der Waals surface area contributed by atoms with Gasteiger partial charge in [0.25, 0.3) is 0 Å².